The SMILES string of the molecule is CCOc1cc(/C=C2\SC(=O)N(CC(=O)N3CCCCC3)C2=O)cc(Br)c1OCc1cccc([N+](=O)[O-])c1. The molecule has 200 valence electrons. The average Bonchev–Trinajstić information content (AvgIpc) is 3.16. The van der Waals surface area contributed by atoms with Gasteiger partial charge in [-0.25, -0.2) is 0 Å². The highest BCUT2D eigenvalue weighted by molar-refractivity contribution is 9.10. The van der Waals surface area contributed by atoms with Gasteiger partial charge in [-0.3, -0.25) is 29.4 Å². The number of benzene rings is 2. The summed E-state index contributed by atoms with van der Waals surface area (Å²) in [6, 6.07) is 9.56. The van der Waals surface area contributed by atoms with Crippen LogP contribution in [0.2, 0.25) is 0 Å². The molecule has 0 N–H and O–H groups in total. The fraction of sp³-hybridized carbons (Fsp3) is 0.346. The first kappa shape index (κ1) is 27.6. The van der Waals surface area contributed by atoms with Crippen molar-refractivity contribution < 1.29 is 28.8 Å². The molecule has 3 amide bonds. The molecule has 0 aliphatic carbocycles. The van der Waals surface area contributed by atoms with Gasteiger partial charge in [-0.1, -0.05) is 12.1 Å². The number of nitro benzene ring substituents is 1. The molecule has 0 atom stereocenters. The number of thioether (sulfide) groups is 1. The lowest BCUT2D eigenvalue weighted by Gasteiger charge is -2.27. The van der Waals surface area contributed by atoms with E-state index in [0.717, 1.165) is 35.9 Å². The minimum absolute atomic E-state index is 0.0304. The average molecular weight is 604 g/mol. The third kappa shape index (κ3) is 6.54. The van der Waals surface area contributed by atoms with Crippen LogP contribution in [-0.4, -0.2) is 58.0 Å². The summed E-state index contributed by atoms with van der Waals surface area (Å²) in [5.41, 5.74) is 1.18. The van der Waals surface area contributed by atoms with Crippen molar-refractivity contribution in [1.82, 2.24) is 9.80 Å². The number of piperidine rings is 1. The summed E-state index contributed by atoms with van der Waals surface area (Å²) in [4.78, 5) is 51.6. The van der Waals surface area contributed by atoms with Crippen molar-refractivity contribution in [2.24, 2.45) is 0 Å². The quantitative estimate of drug-likeness (QED) is 0.213. The molecule has 2 saturated heterocycles. The number of nitro groups is 1. The number of rotatable bonds is 9. The first-order valence-corrected chi connectivity index (χ1v) is 13.7. The minimum atomic E-state index is -0.509. The summed E-state index contributed by atoms with van der Waals surface area (Å²) < 4.78 is 12.2. The highest BCUT2D eigenvalue weighted by atomic mass is 79.9. The Kier molecular flexibility index (Phi) is 9.05. The molecule has 2 fully saturated rings. The number of likely N-dealkylation sites (tertiary alicyclic amines) is 1. The number of non-ortho nitro benzene ring substituents is 1. The van der Waals surface area contributed by atoms with Crippen LogP contribution in [0.3, 0.4) is 0 Å². The summed E-state index contributed by atoms with van der Waals surface area (Å²) in [5.74, 6) is 0.0686. The van der Waals surface area contributed by atoms with Crippen LogP contribution in [0.4, 0.5) is 10.5 Å². The first-order valence-electron chi connectivity index (χ1n) is 12.1. The molecule has 0 aromatic heterocycles. The lowest BCUT2D eigenvalue weighted by Crippen LogP contribution is -2.44. The third-order valence-electron chi connectivity index (χ3n) is 6.01. The second-order valence-electron chi connectivity index (χ2n) is 8.69. The molecule has 10 nitrogen and oxygen atoms in total. The van der Waals surface area contributed by atoms with Gasteiger partial charge in [0.2, 0.25) is 5.91 Å². The van der Waals surface area contributed by atoms with Crippen LogP contribution in [0.15, 0.2) is 45.8 Å². The number of carbonyl (C=O) groups is 3. The molecule has 0 bridgehead atoms. The summed E-state index contributed by atoms with van der Waals surface area (Å²) in [6.07, 6.45) is 4.50. The maximum atomic E-state index is 13.0. The van der Waals surface area contributed by atoms with E-state index < -0.39 is 16.1 Å². The molecule has 2 aliphatic rings. The highest BCUT2D eigenvalue weighted by Gasteiger charge is 2.37. The standard InChI is InChI=1S/C26H26BrN3O7S/c1-2-36-21-13-18(12-20(27)24(21)37-16-17-7-6-8-19(11-17)30(34)35)14-22-25(32)29(26(33)38-22)15-23(31)28-9-4-3-5-10-28/h6-8,11-14H,2-5,9-10,15-16H2,1H3/b22-14-. The Bertz CT molecular complexity index is 1290. The van der Waals surface area contributed by atoms with Crippen LogP contribution in [0.25, 0.3) is 6.08 Å². The molecule has 0 saturated carbocycles. The van der Waals surface area contributed by atoms with Gasteiger partial charge in [-0.2, -0.15) is 0 Å². The van der Waals surface area contributed by atoms with Gasteiger partial charge in [0.15, 0.2) is 11.5 Å². The van der Waals surface area contributed by atoms with Gasteiger partial charge in [-0.05, 0) is 83.2 Å². The van der Waals surface area contributed by atoms with Gasteiger partial charge in [0.25, 0.3) is 16.8 Å². The smallest absolute Gasteiger partial charge is 0.294 e. The highest BCUT2D eigenvalue weighted by Crippen LogP contribution is 2.40. The van der Waals surface area contributed by atoms with Gasteiger partial charge in [0, 0.05) is 25.2 Å². The van der Waals surface area contributed by atoms with E-state index in [1.54, 1.807) is 35.2 Å². The minimum Gasteiger partial charge on any atom is -0.490 e. The zero-order valence-electron chi connectivity index (χ0n) is 20.7. The zero-order valence-corrected chi connectivity index (χ0v) is 23.1. The first-order chi connectivity index (χ1) is 18.3. The van der Waals surface area contributed by atoms with E-state index in [4.69, 9.17) is 9.47 Å². The number of ether oxygens (including phenoxy) is 2. The van der Waals surface area contributed by atoms with Crippen molar-refractivity contribution >= 4 is 56.5 Å². The fourth-order valence-electron chi connectivity index (χ4n) is 4.16. The van der Waals surface area contributed by atoms with Crippen LogP contribution in [0, 0.1) is 10.1 Å². The number of amides is 3. The van der Waals surface area contributed by atoms with E-state index in [1.165, 1.54) is 12.1 Å². The van der Waals surface area contributed by atoms with Crippen molar-refractivity contribution in [1.29, 1.82) is 0 Å². The molecular formula is C26H26BrN3O7S. The second kappa shape index (κ2) is 12.4. The summed E-state index contributed by atoms with van der Waals surface area (Å²) in [7, 11) is 0. The molecule has 2 aromatic rings. The number of nitrogens with zero attached hydrogens (tertiary/aromatic N) is 3. The summed E-state index contributed by atoms with van der Waals surface area (Å²) >= 11 is 4.27. The van der Waals surface area contributed by atoms with Crippen molar-refractivity contribution in [3.8, 4) is 11.5 Å². The maximum Gasteiger partial charge on any atom is 0.294 e. The molecular weight excluding hydrogens is 578 g/mol. The van der Waals surface area contributed by atoms with E-state index in [-0.39, 0.29) is 29.7 Å². The Morgan fingerprint density at radius 2 is 1.92 bits per heavy atom. The number of hydrogen-bond donors (Lipinski definition) is 0. The van der Waals surface area contributed by atoms with Crippen molar-refractivity contribution in [2.75, 3.05) is 26.2 Å². The van der Waals surface area contributed by atoms with E-state index >= 15 is 0 Å². The Morgan fingerprint density at radius 3 is 2.63 bits per heavy atom. The van der Waals surface area contributed by atoms with Gasteiger partial charge in [0.05, 0.1) is 20.9 Å². The van der Waals surface area contributed by atoms with Crippen molar-refractivity contribution in [3.63, 3.8) is 0 Å². The molecule has 4 rings (SSSR count). The Labute approximate surface area is 232 Å². The normalized spacial score (nSPS) is 16.7. The van der Waals surface area contributed by atoms with E-state index in [0.29, 0.717) is 46.8 Å². The van der Waals surface area contributed by atoms with Crippen molar-refractivity contribution in [2.45, 2.75) is 32.8 Å². The molecule has 0 spiro atoms. The monoisotopic (exact) mass is 603 g/mol. The molecule has 0 unspecified atom stereocenters. The number of hydrogen-bond acceptors (Lipinski definition) is 8. The van der Waals surface area contributed by atoms with Crippen LogP contribution in [-0.2, 0) is 16.2 Å². The van der Waals surface area contributed by atoms with Crippen LogP contribution in [0.1, 0.15) is 37.3 Å². The lowest BCUT2D eigenvalue weighted by atomic mass is 10.1. The van der Waals surface area contributed by atoms with Gasteiger partial charge >= 0.3 is 0 Å². The molecule has 2 aliphatic heterocycles. The van der Waals surface area contributed by atoms with Crippen LogP contribution < -0.4 is 9.47 Å². The van der Waals surface area contributed by atoms with Crippen molar-refractivity contribution in [3.05, 3.63) is 67.0 Å². The number of imide groups is 1. The number of halogens is 1. The molecule has 2 heterocycles. The fourth-order valence-corrected chi connectivity index (χ4v) is 5.57. The Hall–Kier alpha value is -3.38. The second-order valence-corrected chi connectivity index (χ2v) is 10.5. The Balaban J connectivity index is 1.50. The molecule has 2 aromatic carbocycles. The van der Waals surface area contributed by atoms with E-state index in [9.17, 15) is 24.5 Å². The Morgan fingerprint density at radius 1 is 1.16 bits per heavy atom. The predicted molar refractivity (Wildman–Crippen MR) is 146 cm³/mol. The lowest BCUT2D eigenvalue weighted by molar-refractivity contribution is -0.384. The summed E-state index contributed by atoms with van der Waals surface area (Å²) in [5, 5.41) is 10.6. The summed E-state index contributed by atoms with van der Waals surface area (Å²) in [6.45, 7) is 3.27. The number of carbonyl (C=O) groups excluding carboxylic acids is 3. The van der Waals surface area contributed by atoms with E-state index in [1.807, 2.05) is 6.92 Å². The third-order valence-corrected chi connectivity index (χ3v) is 7.51. The molecule has 0 radical (unpaired) electrons. The molecule has 12 heteroatoms. The largest absolute Gasteiger partial charge is 0.490 e. The molecule has 38 heavy (non-hydrogen) atoms. The zero-order chi connectivity index (χ0) is 27.2. The maximum absolute atomic E-state index is 13.0. The van der Waals surface area contributed by atoms with Gasteiger partial charge in [0.1, 0.15) is 13.2 Å². The van der Waals surface area contributed by atoms with Gasteiger partial charge < -0.3 is 14.4 Å². The topological polar surface area (TPSA) is 119 Å². The van der Waals surface area contributed by atoms with Crippen LogP contribution >= 0.6 is 27.7 Å². The predicted octanol–water partition coefficient (Wildman–Crippen LogP) is 5.38. The van der Waals surface area contributed by atoms with Crippen LogP contribution in [0.5, 0.6) is 11.5 Å². The van der Waals surface area contributed by atoms with E-state index in [2.05, 4.69) is 15.9 Å². The van der Waals surface area contributed by atoms with Gasteiger partial charge in [-0.15, -0.1) is 0 Å².